The fourth-order valence-electron chi connectivity index (χ4n) is 8.88. The highest BCUT2D eigenvalue weighted by molar-refractivity contribution is 5.88. The first-order valence-corrected chi connectivity index (χ1v) is 22.5. The lowest BCUT2D eigenvalue weighted by Crippen LogP contribution is -2.27. The first kappa shape index (κ1) is 42.4. The van der Waals surface area contributed by atoms with Crippen LogP contribution in [0.15, 0.2) is 194 Å². The highest BCUT2D eigenvalue weighted by Gasteiger charge is 2.24. The number of benzene rings is 8. The normalized spacial score (nSPS) is 16.2. The van der Waals surface area contributed by atoms with Crippen molar-refractivity contribution in [3.63, 3.8) is 0 Å². The fraction of sp³-hybridized carbons (Fsp3) is 0.207. The standard InChI is InChI=1S/C58H56N2O4/c1-43(45-19-5-3-6-20-45)59-39-49-25-11-15-29-55(49)61-35-17-18-36-62-56-30-16-12-26-50(56)40-60(44(2)46-21-7-4-8-22-46)42-54-52-28-14-10-24-48(52)32-34-58(54)64-38-37-63-57-33-31-47-23-9-13-27-51(47)53(57)41-59/h3-34,43-44H,35-42H2,1-2H3/b18-17-/t43-,44-/m1/s1. The monoisotopic (exact) mass is 844 g/mol. The van der Waals surface area contributed by atoms with Gasteiger partial charge in [0.05, 0.1) is 0 Å². The highest BCUT2D eigenvalue weighted by Crippen LogP contribution is 2.37. The maximum Gasteiger partial charge on any atom is 0.124 e. The molecule has 1 heterocycles. The first-order chi connectivity index (χ1) is 31.6. The summed E-state index contributed by atoms with van der Waals surface area (Å²) in [7, 11) is 0. The summed E-state index contributed by atoms with van der Waals surface area (Å²) < 4.78 is 26.6. The molecule has 64 heavy (non-hydrogen) atoms. The Balaban J connectivity index is 1.10. The molecule has 0 fully saturated rings. The van der Waals surface area contributed by atoms with Crippen molar-refractivity contribution in [3.05, 3.63) is 228 Å². The SMILES string of the molecule is C[C@H](c1ccccc1)N1Cc2ccccc2OC/C=C\COc2ccccc2CN([C@H](C)c2ccccc2)Cc2c(ccc3ccccc23)OCCOc2ccc3ccccc3c2C1. The summed E-state index contributed by atoms with van der Waals surface area (Å²) in [5, 5.41) is 4.71. The molecule has 322 valence electrons. The third-order valence-electron chi connectivity index (χ3n) is 12.5. The molecule has 0 aromatic heterocycles. The molecule has 1 aliphatic heterocycles. The second kappa shape index (κ2) is 20.5. The molecule has 0 bridgehead atoms. The number of hydrogen-bond acceptors (Lipinski definition) is 6. The van der Waals surface area contributed by atoms with Crippen LogP contribution in [-0.4, -0.2) is 36.2 Å². The molecule has 1 aliphatic rings. The Morgan fingerprint density at radius 2 is 0.750 bits per heavy atom. The lowest BCUT2D eigenvalue weighted by atomic mass is 10.00. The van der Waals surface area contributed by atoms with Gasteiger partial charge in [-0.05, 0) is 82.9 Å². The van der Waals surface area contributed by atoms with Crippen molar-refractivity contribution in [3.8, 4) is 23.0 Å². The van der Waals surface area contributed by atoms with E-state index in [0.29, 0.717) is 52.6 Å². The van der Waals surface area contributed by atoms with E-state index < -0.39 is 0 Å². The highest BCUT2D eigenvalue weighted by atomic mass is 16.5. The minimum atomic E-state index is 0.0957. The van der Waals surface area contributed by atoms with Crippen LogP contribution < -0.4 is 18.9 Å². The Kier molecular flexibility index (Phi) is 13.6. The Hall–Kier alpha value is -6.86. The molecule has 9 rings (SSSR count). The van der Waals surface area contributed by atoms with Crippen molar-refractivity contribution < 1.29 is 18.9 Å². The lowest BCUT2D eigenvalue weighted by Gasteiger charge is -2.31. The molecule has 6 heteroatoms. The fourth-order valence-corrected chi connectivity index (χ4v) is 8.88. The van der Waals surface area contributed by atoms with Gasteiger partial charge in [0.1, 0.15) is 49.4 Å². The molecule has 0 N–H and O–H groups in total. The average molecular weight is 845 g/mol. The summed E-state index contributed by atoms with van der Waals surface area (Å²) in [6, 6.07) is 64.2. The number of rotatable bonds is 4. The van der Waals surface area contributed by atoms with Gasteiger partial charge in [0.2, 0.25) is 0 Å². The van der Waals surface area contributed by atoms with E-state index in [9.17, 15) is 0 Å². The van der Waals surface area contributed by atoms with Gasteiger partial charge in [-0.2, -0.15) is 0 Å². The molecule has 0 unspecified atom stereocenters. The third-order valence-corrected chi connectivity index (χ3v) is 12.5. The van der Waals surface area contributed by atoms with Crippen LogP contribution in [0.2, 0.25) is 0 Å². The van der Waals surface area contributed by atoms with E-state index in [2.05, 4.69) is 194 Å². The molecule has 8 aromatic carbocycles. The zero-order chi connectivity index (χ0) is 43.5. The molecular formula is C58H56N2O4. The van der Waals surface area contributed by atoms with E-state index in [1.807, 2.05) is 24.3 Å². The van der Waals surface area contributed by atoms with Crippen LogP contribution in [0, 0.1) is 0 Å². The molecule has 0 saturated carbocycles. The Bertz CT molecular complexity index is 2610. The minimum absolute atomic E-state index is 0.0957. The summed E-state index contributed by atoms with van der Waals surface area (Å²) in [6.07, 6.45) is 4.10. The van der Waals surface area contributed by atoms with Crippen LogP contribution in [0.4, 0.5) is 0 Å². The molecule has 0 spiro atoms. The van der Waals surface area contributed by atoms with Crippen LogP contribution in [0.3, 0.4) is 0 Å². The molecule has 2 atom stereocenters. The van der Waals surface area contributed by atoms with Crippen molar-refractivity contribution in [2.24, 2.45) is 0 Å². The van der Waals surface area contributed by atoms with Crippen LogP contribution >= 0.6 is 0 Å². The molecule has 0 radical (unpaired) electrons. The largest absolute Gasteiger partial charge is 0.490 e. The average Bonchev–Trinajstić information content (AvgIpc) is 3.35. The van der Waals surface area contributed by atoms with Gasteiger partial charge < -0.3 is 18.9 Å². The summed E-state index contributed by atoms with van der Waals surface area (Å²) in [4.78, 5) is 5.04. The number of para-hydroxylation sites is 2. The van der Waals surface area contributed by atoms with Gasteiger partial charge in [-0.1, -0.05) is 158 Å². The number of ether oxygens (including phenoxy) is 4. The molecule has 6 nitrogen and oxygen atoms in total. The van der Waals surface area contributed by atoms with Crippen LogP contribution in [0.1, 0.15) is 59.3 Å². The second-order valence-electron chi connectivity index (χ2n) is 16.5. The predicted molar refractivity (Wildman–Crippen MR) is 260 cm³/mol. The van der Waals surface area contributed by atoms with Crippen LogP contribution in [0.5, 0.6) is 23.0 Å². The quantitative estimate of drug-likeness (QED) is 0.164. The van der Waals surface area contributed by atoms with E-state index >= 15 is 0 Å². The molecule has 0 saturated heterocycles. The van der Waals surface area contributed by atoms with Gasteiger partial charge >= 0.3 is 0 Å². The maximum absolute atomic E-state index is 6.79. The third kappa shape index (κ3) is 10.00. The summed E-state index contributed by atoms with van der Waals surface area (Å²) in [5.74, 6) is 3.45. The molecule has 0 aliphatic carbocycles. The topological polar surface area (TPSA) is 43.4 Å². The van der Waals surface area contributed by atoms with Crippen LogP contribution in [-0.2, 0) is 26.2 Å². The number of hydrogen-bond donors (Lipinski definition) is 0. The number of nitrogens with zero attached hydrogens (tertiary/aromatic N) is 2. The van der Waals surface area contributed by atoms with Crippen molar-refractivity contribution in [2.75, 3.05) is 26.4 Å². The smallest absolute Gasteiger partial charge is 0.124 e. The van der Waals surface area contributed by atoms with E-state index in [1.54, 1.807) is 0 Å². The van der Waals surface area contributed by atoms with E-state index in [-0.39, 0.29) is 12.1 Å². The van der Waals surface area contributed by atoms with Gasteiger partial charge in [0, 0.05) is 60.5 Å². The van der Waals surface area contributed by atoms with E-state index in [1.165, 1.54) is 32.7 Å². The molecule has 0 amide bonds. The van der Waals surface area contributed by atoms with E-state index in [0.717, 1.165) is 45.3 Å². The van der Waals surface area contributed by atoms with Gasteiger partial charge in [-0.25, -0.2) is 0 Å². The van der Waals surface area contributed by atoms with Gasteiger partial charge in [0.25, 0.3) is 0 Å². The van der Waals surface area contributed by atoms with E-state index in [4.69, 9.17) is 18.9 Å². The van der Waals surface area contributed by atoms with Gasteiger partial charge in [-0.3, -0.25) is 9.80 Å². The van der Waals surface area contributed by atoms with Crippen molar-refractivity contribution in [2.45, 2.75) is 52.1 Å². The lowest BCUT2D eigenvalue weighted by molar-refractivity contribution is 0.177. The Morgan fingerprint density at radius 1 is 0.359 bits per heavy atom. The Labute approximate surface area is 377 Å². The van der Waals surface area contributed by atoms with Gasteiger partial charge in [0.15, 0.2) is 0 Å². The summed E-state index contributed by atoms with van der Waals surface area (Å²) >= 11 is 0. The number of fused-ring (bicyclic) bond motifs is 8. The second-order valence-corrected chi connectivity index (χ2v) is 16.5. The van der Waals surface area contributed by atoms with Crippen molar-refractivity contribution >= 4 is 21.5 Å². The summed E-state index contributed by atoms with van der Waals surface area (Å²) in [5.41, 5.74) is 7.03. The predicted octanol–water partition coefficient (Wildman–Crippen LogP) is 13.3. The Morgan fingerprint density at radius 3 is 1.20 bits per heavy atom. The zero-order valence-corrected chi connectivity index (χ0v) is 36.8. The first-order valence-electron chi connectivity index (χ1n) is 22.5. The minimum Gasteiger partial charge on any atom is -0.490 e. The van der Waals surface area contributed by atoms with Gasteiger partial charge in [-0.15, -0.1) is 0 Å². The maximum atomic E-state index is 6.79. The zero-order valence-electron chi connectivity index (χ0n) is 36.8. The summed E-state index contributed by atoms with van der Waals surface area (Å²) in [6.45, 7) is 8.85. The molecular weight excluding hydrogens is 789 g/mol. The van der Waals surface area contributed by atoms with Crippen molar-refractivity contribution in [1.29, 1.82) is 0 Å². The van der Waals surface area contributed by atoms with Crippen LogP contribution in [0.25, 0.3) is 21.5 Å². The molecule has 8 aromatic rings. The van der Waals surface area contributed by atoms with Crippen molar-refractivity contribution in [1.82, 2.24) is 9.80 Å².